The van der Waals surface area contributed by atoms with E-state index in [4.69, 9.17) is 16.3 Å². The van der Waals surface area contributed by atoms with Crippen LogP contribution in [0.2, 0.25) is 0 Å². The zero-order valence-electron chi connectivity index (χ0n) is 8.75. The number of rotatable bonds is 3. The van der Waals surface area contributed by atoms with Crippen molar-refractivity contribution in [1.29, 1.82) is 0 Å². The molecule has 2 aliphatic rings. The molecule has 0 aromatic rings. The molecule has 1 saturated carbocycles. The second-order valence-corrected chi connectivity index (χ2v) is 4.87. The molecule has 0 N–H and O–H groups in total. The smallest absolute Gasteiger partial charge is 0.0837 e. The highest BCUT2D eigenvalue weighted by atomic mass is 35.5. The summed E-state index contributed by atoms with van der Waals surface area (Å²) in [6, 6.07) is 0. The first-order valence-electron chi connectivity index (χ1n) is 5.78. The molecule has 1 aliphatic heterocycles. The zero-order valence-corrected chi connectivity index (χ0v) is 9.51. The fourth-order valence-corrected chi connectivity index (χ4v) is 2.78. The van der Waals surface area contributed by atoms with Crippen LogP contribution in [0.1, 0.15) is 25.7 Å². The van der Waals surface area contributed by atoms with Crippen molar-refractivity contribution in [3.05, 3.63) is 0 Å². The molecule has 0 radical (unpaired) electrons. The highest BCUT2D eigenvalue weighted by molar-refractivity contribution is 6.18. The van der Waals surface area contributed by atoms with Crippen molar-refractivity contribution < 1.29 is 4.74 Å². The summed E-state index contributed by atoms with van der Waals surface area (Å²) in [5.41, 5.74) is 0. The van der Waals surface area contributed by atoms with Gasteiger partial charge in [-0.2, -0.15) is 0 Å². The van der Waals surface area contributed by atoms with Gasteiger partial charge in [-0.25, -0.2) is 0 Å². The van der Waals surface area contributed by atoms with Crippen molar-refractivity contribution >= 4 is 11.6 Å². The SMILES string of the molecule is ClCC1CN(CC2CCCC2)CCO1. The molecule has 1 unspecified atom stereocenters. The lowest BCUT2D eigenvalue weighted by molar-refractivity contribution is -0.0210. The van der Waals surface area contributed by atoms with Gasteiger partial charge in [0.1, 0.15) is 0 Å². The van der Waals surface area contributed by atoms with E-state index in [9.17, 15) is 0 Å². The Morgan fingerprint density at radius 3 is 2.79 bits per heavy atom. The van der Waals surface area contributed by atoms with Crippen LogP contribution in [-0.2, 0) is 4.74 Å². The summed E-state index contributed by atoms with van der Waals surface area (Å²) < 4.78 is 5.55. The number of morpholine rings is 1. The Kier molecular flexibility index (Phi) is 4.09. The van der Waals surface area contributed by atoms with Gasteiger partial charge in [0, 0.05) is 25.5 Å². The maximum Gasteiger partial charge on any atom is 0.0837 e. The minimum absolute atomic E-state index is 0.270. The van der Waals surface area contributed by atoms with Gasteiger partial charge in [0.05, 0.1) is 12.7 Å². The van der Waals surface area contributed by atoms with E-state index in [1.54, 1.807) is 0 Å². The van der Waals surface area contributed by atoms with Crippen molar-refractivity contribution in [2.24, 2.45) is 5.92 Å². The molecule has 3 heteroatoms. The van der Waals surface area contributed by atoms with Gasteiger partial charge in [-0.15, -0.1) is 11.6 Å². The van der Waals surface area contributed by atoms with Gasteiger partial charge < -0.3 is 4.74 Å². The summed E-state index contributed by atoms with van der Waals surface area (Å²) in [7, 11) is 0. The van der Waals surface area contributed by atoms with E-state index in [1.165, 1.54) is 32.2 Å². The number of halogens is 1. The van der Waals surface area contributed by atoms with Crippen molar-refractivity contribution in [3.63, 3.8) is 0 Å². The van der Waals surface area contributed by atoms with Gasteiger partial charge in [0.2, 0.25) is 0 Å². The highest BCUT2D eigenvalue weighted by Gasteiger charge is 2.23. The third kappa shape index (κ3) is 2.85. The van der Waals surface area contributed by atoms with E-state index in [-0.39, 0.29) is 6.10 Å². The average molecular weight is 218 g/mol. The molecule has 0 aromatic carbocycles. The molecule has 1 aliphatic carbocycles. The molecule has 2 fully saturated rings. The monoisotopic (exact) mass is 217 g/mol. The second kappa shape index (κ2) is 5.34. The van der Waals surface area contributed by atoms with E-state index >= 15 is 0 Å². The molecule has 1 heterocycles. The van der Waals surface area contributed by atoms with Crippen LogP contribution < -0.4 is 0 Å². The topological polar surface area (TPSA) is 12.5 Å². The molecule has 2 nitrogen and oxygen atoms in total. The number of alkyl halides is 1. The highest BCUT2D eigenvalue weighted by Crippen LogP contribution is 2.26. The van der Waals surface area contributed by atoms with Crippen molar-refractivity contribution in [1.82, 2.24) is 4.90 Å². The van der Waals surface area contributed by atoms with Crippen LogP contribution in [-0.4, -0.2) is 43.1 Å². The van der Waals surface area contributed by atoms with E-state index in [0.29, 0.717) is 5.88 Å². The van der Waals surface area contributed by atoms with E-state index in [1.807, 2.05) is 0 Å². The van der Waals surface area contributed by atoms with Crippen molar-refractivity contribution in [2.75, 3.05) is 32.1 Å². The first-order valence-corrected chi connectivity index (χ1v) is 6.32. The zero-order chi connectivity index (χ0) is 9.80. The minimum atomic E-state index is 0.270. The van der Waals surface area contributed by atoms with E-state index in [2.05, 4.69) is 4.90 Å². The van der Waals surface area contributed by atoms with Crippen LogP contribution in [0, 0.1) is 5.92 Å². The predicted octanol–water partition coefficient (Wildman–Crippen LogP) is 2.12. The Morgan fingerprint density at radius 2 is 2.07 bits per heavy atom. The first kappa shape index (κ1) is 10.7. The average Bonchev–Trinajstić information content (AvgIpc) is 2.71. The third-order valence-corrected chi connectivity index (χ3v) is 3.73. The molecule has 2 rings (SSSR count). The number of ether oxygens (including phenoxy) is 1. The molecule has 0 amide bonds. The third-order valence-electron chi connectivity index (χ3n) is 3.39. The lowest BCUT2D eigenvalue weighted by atomic mass is 10.1. The van der Waals surface area contributed by atoms with E-state index in [0.717, 1.165) is 25.6 Å². The van der Waals surface area contributed by atoms with Gasteiger partial charge in [-0.1, -0.05) is 12.8 Å². The lowest BCUT2D eigenvalue weighted by Gasteiger charge is -2.33. The van der Waals surface area contributed by atoms with Crippen LogP contribution in [0.15, 0.2) is 0 Å². The standard InChI is InChI=1S/C11H20ClNO/c12-7-11-9-13(5-6-14-11)8-10-3-1-2-4-10/h10-11H,1-9H2. The Hall–Kier alpha value is 0.210. The van der Waals surface area contributed by atoms with Crippen LogP contribution in [0.25, 0.3) is 0 Å². The molecule has 1 saturated heterocycles. The first-order chi connectivity index (χ1) is 6.88. The second-order valence-electron chi connectivity index (χ2n) is 4.56. The van der Waals surface area contributed by atoms with Crippen LogP contribution in [0.5, 0.6) is 0 Å². The van der Waals surface area contributed by atoms with Crippen LogP contribution in [0.3, 0.4) is 0 Å². The fourth-order valence-electron chi connectivity index (χ4n) is 2.60. The maximum atomic E-state index is 5.81. The molecular weight excluding hydrogens is 198 g/mol. The van der Waals surface area contributed by atoms with Gasteiger partial charge in [0.25, 0.3) is 0 Å². The summed E-state index contributed by atoms with van der Waals surface area (Å²) in [4.78, 5) is 2.53. The normalized spacial score (nSPS) is 31.1. The quantitative estimate of drug-likeness (QED) is 0.672. The van der Waals surface area contributed by atoms with Crippen molar-refractivity contribution in [2.45, 2.75) is 31.8 Å². The van der Waals surface area contributed by atoms with Gasteiger partial charge >= 0.3 is 0 Å². The Bertz CT molecular complexity index is 171. The molecule has 1 atom stereocenters. The summed E-state index contributed by atoms with van der Waals surface area (Å²) in [6.07, 6.45) is 6.01. The van der Waals surface area contributed by atoms with Crippen LogP contribution >= 0.6 is 11.6 Å². The van der Waals surface area contributed by atoms with Gasteiger partial charge in [-0.3, -0.25) is 4.90 Å². The van der Waals surface area contributed by atoms with Gasteiger partial charge in [-0.05, 0) is 18.8 Å². The van der Waals surface area contributed by atoms with Crippen LogP contribution in [0.4, 0.5) is 0 Å². The molecule has 0 spiro atoms. The molecule has 0 aromatic heterocycles. The Labute approximate surface area is 91.6 Å². The maximum absolute atomic E-state index is 5.81. The van der Waals surface area contributed by atoms with E-state index < -0.39 is 0 Å². The number of nitrogens with zero attached hydrogens (tertiary/aromatic N) is 1. The Balaban J connectivity index is 1.73. The molecule has 82 valence electrons. The molecular formula is C11H20ClNO. The number of hydrogen-bond donors (Lipinski definition) is 0. The van der Waals surface area contributed by atoms with Crippen molar-refractivity contribution in [3.8, 4) is 0 Å². The number of hydrogen-bond acceptors (Lipinski definition) is 2. The fraction of sp³-hybridized carbons (Fsp3) is 1.00. The van der Waals surface area contributed by atoms with Gasteiger partial charge in [0.15, 0.2) is 0 Å². The summed E-state index contributed by atoms with van der Waals surface area (Å²) in [5.74, 6) is 1.59. The summed E-state index contributed by atoms with van der Waals surface area (Å²) >= 11 is 5.81. The molecule has 14 heavy (non-hydrogen) atoms. The Morgan fingerprint density at radius 1 is 1.29 bits per heavy atom. The minimum Gasteiger partial charge on any atom is -0.374 e. The lowest BCUT2D eigenvalue weighted by Crippen LogP contribution is -2.44. The predicted molar refractivity (Wildman–Crippen MR) is 58.9 cm³/mol. The largest absolute Gasteiger partial charge is 0.374 e. The summed E-state index contributed by atoms with van der Waals surface area (Å²) in [6.45, 7) is 4.28. The molecule has 0 bridgehead atoms. The summed E-state index contributed by atoms with van der Waals surface area (Å²) in [5, 5.41) is 0.